The van der Waals surface area contributed by atoms with Crippen LogP contribution in [-0.4, -0.2) is 23.3 Å². The Labute approximate surface area is 155 Å². The predicted molar refractivity (Wildman–Crippen MR) is 101 cm³/mol. The minimum Gasteiger partial charge on any atom is -0.459 e. The number of hydrogen-bond acceptors (Lipinski definition) is 5. The lowest BCUT2D eigenvalue weighted by molar-refractivity contribution is -0.116. The van der Waals surface area contributed by atoms with Gasteiger partial charge >= 0.3 is 0 Å². The number of furan rings is 1. The van der Waals surface area contributed by atoms with Crippen LogP contribution in [-0.2, 0) is 4.79 Å². The average Bonchev–Trinajstić information content (AvgIpc) is 3.26. The fraction of sp³-hybridized carbons (Fsp3) is 0.211. The Balaban J connectivity index is 1.52. The molecule has 26 heavy (non-hydrogen) atoms. The van der Waals surface area contributed by atoms with Crippen molar-refractivity contribution in [3.8, 4) is 11.3 Å². The van der Waals surface area contributed by atoms with Gasteiger partial charge in [0.25, 0.3) is 5.91 Å². The van der Waals surface area contributed by atoms with Gasteiger partial charge in [-0.2, -0.15) is 0 Å². The molecule has 3 aromatic rings. The Morgan fingerprint density at radius 3 is 2.81 bits per heavy atom. The van der Waals surface area contributed by atoms with Gasteiger partial charge in [-0.3, -0.25) is 9.59 Å². The molecule has 6 nitrogen and oxygen atoms in total. The van der Waals surface area contributed by atoms with Crippen LogP contribution in [0, 0.1) is 13.8 Å². The number of rotatable bonds is 6. The van der Waals surface area contributed by atoms with Gasteiger partial charge in [-0.05, 0) is 31.5 Å². The van der Waals surface area contributed by atoms with Crippen LogP contribution < -0.4 is 10.6 Å². The number of amides is 2. The van der Waals surface area contributed by atoms with E-state index in [-0.39, 0.29) is 30.5 Å². The Morgan fingerprint density at radius 2 is 2.08 bits per heavy atom. The molecule has 0 radical (unpaired) electrons. The fourth-order valence-electron chi connectivity index (χ4n) is 2.52. The van der Waals surface area contributed by atoms with E-state index in [1.165, 1.54) is 23.2 Å². The topological polar surface area (TPSA) is 84.2 Å². The number of thiazole rings is 1. The third kappa shape index (κ3) is 4.37. The highest BCUT2D eigenvalue weighted by molar-refractivity contribution is 7.14. The third-order valence-corrected chi connectivity index (χ3v) is 4.55. The van der Waals surface area contributed by atoms with E-state index >= 15 is 0 Å². The summed E-state index contributed by atoms with van der Waals surface area (Å²) in [6, 6.07) is 9.39. The molecular formula is C19H19N3O3S. The second-order valence-corrected chi connectivity index (χ2v) is 6.75. The number of aryl methyl sites for hydroxylation is 2. The molecule has 0 unspecified atom stereocenters. The number of anilines is 1. The van der Waals surface area contributed by atoms with Crippen LogP contribution in [0.5, 0.6) is 0 Å². The van der Waals surface area contributed by atoms with Crippen LogP contribution >= 0.6 is 11.3 Å². The standard InChI is InChI=1S/C19H19N3O3S/c1-12-5-6-14(13(2)10-12)15-11-26-19(21-15)22-17(23)7-8-20-18(24)16-4-3-9-25-16/h3-6,9-11H,7-8H2,1-2H3,(H,20,24)(H,21,22,23). The van der Waals surface area contributed by atoms with Gasteiger partial charge in [0.15, 0.2) is 10.9 Å². The van der Waals surface area contributed by atoms with E-state index in [4.69, 9.17) is 4.42 Å². The smallest absolute Gasteiger partial charge is 0.286 e. The number of nitrogens with zero attached hydrogens (tertiary/aromatic N) is 1. The monoisotopic (exact) mass is 369 g/mol. The van der Waals surface area contributed by atoms with E-state index in [2.05, 4.69) is 21.7 Å². The van der Waals surface area contributed by atoms with Crippen molar-refractivity contribution in [3.05, 3.63) is 58.9 Å². The minimum atomic E-state index is -0.339. The Morgan fingerprint density at radius 1 is 1.23 bits per heavy atom. The zero-order valence-electron chi connectivity index (χ0n) is 14.5. The molecule has 2 heterocycles. The summed E-state index contributed by atoms with van der Waals surface area (Å²) in [7, 11) is 0. The summed E-state index contributed by atoms with van der Waals surface area (Å²) in [5, 5.41) is 7.87. The highest BCUT2D eigenvalue weighted by Crippen LogP contribution is 2.28. The summed E-state index contributed by atoms with van der Waals surface area (Å²) in [4.78, 5) is 28.2. The fourth-order valence-corrected chi connectivity index (χ4v) is 3.25. The van der Waals surface area contributed by atoms with Gasteiger partial charge in [-0.1, -0.05) is 23.8 Å². The van der Waals surface area contributed by atoms with E-state index in [0.29, 0.717) is 5.13 Å². The minimum absolute atomic E-state index is 0.158. The number of nitrogens with one attached hydrogen (secondary N) is 2. The molecular weight excluding hydrogens is 350 g/mol. The third-order valence-electron chi connectivity index (χ3n) is 3.79. The van der Waals surface area contributed by atoms with Crippen LogP contribution in [0.15, 0.2) is 46.4 Å². The maximum atomic E-state index is 12.0. The largest absolute Gasteiger partial charge is 0.459 e. The van der Waals surface area contributed by atoms with Gasteiger partial charge in [0.05, 0.1) is 12.0 Å². The maximum Gasteiger partial charge on any atom is 0.286 e. The highest BCUT2D eigenvalue weighted by atomic mass is 32.1. The number of aromatic nitrogens is 1. The highest BCUT2D eigenvalue weighted by Gasteiger charge is 2.11. The van der Waals surface area contributed by atoms with E-state index < -0.39 is 0 Å². The van der Waals surface area contributed by atoms with Crippen LogP contribution in [0.1, 0.15) is 28.1 Å². The first kappa shape index (κ1) is 17.9. The van der Waals surface area contributed by atoms with Gasteiger partial charge in [-0.15, -0.1) is 11.3 Å². The van der Waals surface area contributed by atoms with Gasteiger partial charge < -0.3 is 15.1 Å². The van der Waals surface area contributed by atoms with Crippen molar-refractivity contribution in [3.63, 3.8) is 0 Å². The number of benzene rings is 1. The van der Waals surface area contributed by atoms with E-state index in [1.54, 1.807) is 12.1 Å². The lowest BCUT2D eigenvalue weighted by Gasteiger charge is -2.04. The molecule has 2 N–H and O–H groups in total. The van der Waals surface area contributed by atoms with Crippen molar-refractivity contribution < 1.29 is 14.0 Å². The molecule has 0 saturated carbocycles. The van der Waals surface area contributed by atoms with Gasteiger partial charge in [-0.25, -0.2) is 4.98 Å². The zero-order valence-corrected chi connectivity index (χ0v) is 15.4. The first-order valence-corrected chi connectivity index (χ1v) is 9.05. The Hall–Kier alpha value is -2.93. The normalized spacial score (nSPS) is 10.5. The molecule has 0 bridgehead atoms. The second kappa shape index (κ2) is 7.97. The maximum absolute atomic E-state index is 12.0. The number of carbonyl (C=O) groups is 2. The van der Waals surface area contributed by atoms with Crippen molar-refractivity contribution in [2.45, 2.75) is 20.3 Å². The summed E-state index contributed by atoms with van der Waals surface area (Å²) in [6.45, 7) is 4.32. The van der Waals surface area contributed by atoms with Crippen LogP contribution in [0.3, 0.4) is 0 Å². The van der Waals surface area contributed by atoms with E-state index in [9.17, 15) is 9.59 Å². The quantitative estimate of drug-likeness (QED) is 0.692. The SMILES string of the molecule is Cc1ccc(-c2csc(NC(=O)CCNC(=O)c3ccco3)n2)c(C)c1. The summed E-state index contributed by atoms with van der Waals surface area (Å²) < 4.78 is 4.99. The summed E-state index contributed by atoms with van der Waals surface area (Å²) >= 11 is 1.38. The Bertz CT molecular complexity index is 916. The molecule has 0 spiro atoms. The van der Waals surface area contributed by atoms with Crippen LogP contribution in [0.2, 0.25) is 0 Å². The first-order chi connectivity index (χ1) is 12.5. The molecule has 134 valence electrons. The van der Waals surface area contributed by atoms with Gasteiger partial charge in [0, 0.05) is 23.9 Å². The van der Waals surface area contributed by atoms with Gasteiger partial charge in [0.1, 0.15) is 0 Å². The van der Waals surface area contributed by atoms with Crippen LogP contribution in [0.4, 0.5) is 5.13 Å². The molecule has 2 aromatic heterocycles. The second-order valence-electron chi connectivity index (χ2n) is 5.89. The average molecular weight is 369 g/mol. The lowest BCUT2D eigenvalue weighted by atomic mass is 10.0. The Kier molecular flexibility index (Phi) is 5.48. The van der Waals surface area contributed by atoms with Crippen molar-refractivity contribution in [2.24, 2.45) is 0 Å². The molecule has 0 aliphatic heterocycles. The zero-order chi connectivity index (χ0) is 18.5. The summed E-state index contributed by atoms with van der Waals surface area (Å²) in [5.41, 5.74) is 4.24. The molecule has 0 aliphatic carbocycles. The van der Waals surface area contributed by atoms with Crippen LogP contribution in [0.25, 0.3) is 11.3 Å². The van der Waals surface area contributed by atoms with Crippen molar-refractivity contribution in [2.75, 3.05) is 11.9 Å². The lowest BCUT2D eigenvalue weighted by Crippen LogP contribution is -2.27. The first-order valence-electron chi connectivity index (χ1n) is 8.17. The van der Waals surface area contributed by atoms with Crippen molar-refractivity contribution >= 4 is 28.3 Å². The van der Waals surface area contributed by atoms with E-state index in [1.807, 2.05) is 31.4 Å². The molecule has 0 aliphatic rings. The molecule has 0 atom stereocenters. The molecule has 2 amide bonds. The molecule has 1 aromatic carbocycles. The molecule has 3 rings (SSSR count). The molecule has 0 fully saturated rings. The number of carbonyl (C=O) groups excluding carboxylic acids is 2. The summed E-state index contributed by atoms with van der Waals surface area (Å²) in [6.07, 6.45) is 1.59. The molecule has 0 saturated heterocycles. The van der Waals surface area contributed by atoms with E-state index in [0.717, 1.165) is 16.8 Å². The summed E-state index contributed by atoms with van der Waals surface area (Å²) in [5.74, 6) is -0.316. The van der Waals surface area contributed by atoms with Crippen molar-refractivity contribution in [1.82, 2.24) is 10.3 Å². The number of hydrogen-bond donors (Lipinski definition) is 2. The molecule has 7 heteroatoms. The van der Waals surface area contributed by atoms with Crippen molar-refractivity contribution in [1.29, 1.82) is 0 Å². The predicted octanol–water partition coefficient (Wildman–Crippen LogP) is 3.78. The van der Waals surface area contributed by atoms with Gasteiger partial charge in [0.2, 0.25) is 5.91 Å².